The van der Waals surface area contributed by atoms with Crippen LogP contribution in [0.25, 0.3) is 0 Å². The summed E-state index contributed by atoms with van der Waals surface area (Å²) < 4.78 is 1.39. The van der Waals surface area contributed by atoms with E-state index in [1.807, 2.05) is 13.8 Å². The van der Waals surface area contributed by atoms with E-state index in [9.17, 15) is 9.59 Å². The zero-order chi connectivity index (χ0) is 14.0. The van der Waals surface area contributed by atoms with Crippen molar-refractivity contribution in [3.63, 3.8) is 0 Å². The third kappa shape index (κ3) is 2.90. The molecular formula is C13H15N3O2S. The molecule has 2 aromatic heterocycles. The van der Waals surface area contributed by atoms with Crippen molar-refractivity contribution in [2.45, 2.75) is 20.4 Å². The fraction of sp³-hybridized carbons (Fsp3) is 0.308. The number of nitrogens with zero attached hydrogens (tertiary/aromatic N) is 2. The van der Waals surface area contributed by atoms with Crippen LogP contribution in [-0.4, -0.2) is 15.5 Å². The Morgan fingerprint density at radius 3 is 2.84 bits per heavy atom. The van der Waals surface area contributed by atoms with Crippen LogP contribution in [0.2, 0.25) is 0 Å². The van der Waals surface area contributed by atoms with Crippen LogP contribution in [0.5, 0.6) is 0 Å². The zero-order valence-electron chi connectivity index (χ0n) is 11.1. The maximum Gasteiger partial charge on any atom is 0.263 e. The van der Waals surface area contributed by atoms with Crippen LogP contribution in [0.3, 0.4) is 0 Å². The molecule has 0 bridgehead atoms. The number of thiazole rings is 1. The van der Waals surface area contributed by atoms with Crippen LogP contribution < -0.4 is 10.9 Å². The first-order chi connectivity index (χ1) is 8.99. The van der Waals surface area contributed by atoms with Gasteiger partial charge in [0.2, 0.25) is 0 Å². The smallest absolute Gasteiger partial charge is 0.263 e. The summed E-state index contributed by atoms with van der Waals surface area (Å²) in [6.45, 7) is 4.23. The van der Waals surface area contributed by atoms with Gasteiger partial charge in [0.25, 0.3) is 11.5 Å². The Morgan fingerprint density at radius 1 is 1.47 bits per heavy atom. The molecule has 5 nitrogen and oxygen atoms in total. The molecule has 0 aliphatic rings. The van der Waals surface area contributed by atoms with Crippen LogP contribution in [0, 0.1) is 13.8 Å². The maximum absolute atomic E-state index is 12.0. The number of nitrogens with one attached hydrogen (secondary N) is 1. The largest absolute Gasteiger partial charge is 0.347 e. The fourth-order valence-electron chi connectivity index (χ4n) is 1.76. The normalized spacial score (nSPS) is 10.5. The van der Waals surface area contributed by atoms with Gasteiger partial charge in [-0.3, -0.25) is 9.59 Å². The number of aromatic nitrogens is 2. The monoisotopic (exact) mass is 277 g/mol. The predicted octanol–water partition coefficient (Wildman–Crippen LogP) is 1.39. The van der Waals surface area contributed by atoms with Crippen LogP contribution in [-0.2, 0) is 13.6 Å². The van der Waals surface area contributed by atoms with E-state index in [2.05, 4.69) is 10.3 Å². The predicted molar refractivity (Wildman–Crippen MR) is 74.4 cm³/mol. The summed E-state index contributed by atoms with van der Waals surface area (Å²) in [7, 11) is 1.62. The lowest BCUT2D eigenvalue weighted by Crippen LogP contribution is -2.31. The summed E-state index contributed by atoms with van der Waals surface area (Å²) in [6, 6.07) is 3.21. The molecule has 100 valence electrons. The van der Waals surface area contributed by atoms with Crippen molar-refractivity contribution in [3.8, 4) is 0 Å². The van der Waals surface area contributed by atoms with Crippen molar-refractivity contribution >= 4 is 17.2 Å². The fourth-order valence-corrected chi connectivity index (χ4v) is 2.64. The van der Waals surface area contributed by atoms with Gasteiger partial charge < -0.3 is 9.88 Å². The highest BCUT2D eigenvalue weighted by Crippen LogP contribution is 2.16. The summed E-state index contributed by atoms with van der Waals surface area (Å²) in [4.78, 5) is 29.1. The van der Waals surface area contributed by atoms with E-state index in [-0.39, 0.29) is 17.0 Å². The molecule has 2 aromatic rings. The topological polar surface area (TPSA) is 64.0 Å². The van der Waals surface area contributed by atoms with Gasteiger partial charge in [-0.2, -0.15) is 0 Å². The van der Waals surface area contributed by atoms with Crippen LogP contribution >= 0.6 is 11.3 Å². The second-order valence-electron chi connectivity index (χ2n) is 4.26. The quantitative estimate of drug-likeness (QED) is 0.922. The van der Waals surface area contributed by atoms with Crippen molar-refractivity contribution in [1.29, 1.82) is 0 Å². The Hall–Kier alpha value is -1.95. The summed E-state index contributed by atoms with van der Waals surface area (Å²) in [5.74, 6) is -0.355. The highest BCUT2D eigenvalue weighted by atomic mass is 32.1. The molecule has 0 saturated heterocycles. The molecule has 0 fully saturated rings. The lowest BCUT2D eigenvalue weighted by atomic mass is 10.2. The Balaban J connectivity index is 2.12. The zero-order valence-corrected chi connectivity index (χ0v) is 11.9. The van der Waals surface area contributed by atoms with Gasteiger partial charge in [0.15, 0.2) is 0 Å². The number of amides is 1. The van der Waals surface area contributed by atoms with Crippen molar-refractivity contribution in [3.05, 3.63) is 49.8 Å². The Labute approximate surface area is 114 Å². The highest BCUT2D eigenvalue weighted by molar-refractivity contribution is 7.11. The van der Waals surface area contributed by atoms with Crippen LogP contribution in [0.1, 0.15) is 25.9 Å². The van der Waals surface area contributed by atoms with Gasteiger partial charge in [-0.05, 0) is 26.0 Å². The number of aryl methyl sites for hydroxylation is 3. The van der Waals surface area contributed by atoms with Crippen molar-refractivity contribution in [2.75, 3.05) is 0 Å². The second kappa shape index (κ2) is 5.36. The Bertz CT molecular complexity index is 673. The highest BCUT2D eigenvalue weighted by Gasteiger charge is 2.12. The molecular weight excluding hydrogens is 262 g/mol. The van der Waals surface area contributed by atoms with Crippen molar-refractivity contribution in [1.82, 2.24) is 14.9 Å². The first-order valence-corrected chi connectivity index (χ1v) is 6.67. The molecule has 0 spiro atoms. The number of hydrogen-bond acceptors (Lipinski definition) is 4. The van der Waals surface area contributed by atoms with Gasteiger partial charge >= 0.3 is 0 Å². The second-order valence-corrected chi connectivity index (χ2v) is 5.55. The number of rotatable bonds is 3. The molecule has 0 unspecified atom stereocenters. The van der Waals surface area contributed by atoms with Gasteiger partial charge in [0.05, 0.1) is 17.2 Å². The Kier molecular flexibility index (Phi) is 3.80. The molecule has 0 aromatic carbocycles. The lowest BCUT2D eigenvalue weighted by Gasteiger charge is -2.05. The Morgan fingerprint density at radius 2 is 2.21 bits per heavy atom. The number of carbonyl (C=O) groups excluding carboxylic acids is 1. The minimum Gasteiger partial charge on any atom is -0.347 e. The first kappa shape index (κ1) is 13.5. The van der Waals surface area contributed by atoms with Crippen LogP contribution in [0.15, 0.2) is 23.1 Å². The van der Waals surface area contributed by atoms with Crippen molar-refractivity contribution in [2.24, 2.45) is 7.05 Å². The van der Waals surface area contributed by atoms with Gasteiger partial charge in [0.1, 0.15) is 5.56 Å². The molecule has 0 radical (unpaired) electrons. The maximum atomic E-state index is 12.0. The SMILES string of the molecule is Cc1nc(C)c(CNC(=O)c2cccn(C)c2=O)s1. The van der Waals surface area contributed by atoms with E-state index >= 15 is 0 Å². The summed E-state index contributed by atoms with van der Waals surface area (Å²) in [5, 5.41) is 3.73. The third-order valence-corrected chi connectivity index (χ3v) is 3.85. The summed E-state index contributed by atoms with van der Waals surface area (Å²) in [5.41, 5.74) is 0.782. The van der Waals surface area contributed by atoms with Gasteiger partial charge in [-0.25, -0.2) is 4.98 Å². The molecule has 2 rings (SSSR count). The number of pyridine rings is 1. The molecule has 0 aliphatic carbocycles. The number of carbonyl (C=O) groups is 1. The van der Waals surface area contributed by atoms with Gasteiger partial charge in [0, 0.05) is 18.1 Å². The molecule has 1 N–H and O–H groups in total. The van der Waals surface area contributed by atoms with Crippen molar-refractivity contribution < 1.29 is 4.79 Å². The molecule has 6 heteroatoms. The first-order valence-electron chi connectivity index (χ1n) is 5.86. The van der Waals surface area contributed by atoms with E-state index < -0.39 is 0 Å². The molecule has 0 aliphatic heterocycles. The average Bonchev–Trinajstić information content (AvgIpc) is 2.68. The molecule has 0 saturated carbocycles. The lowest BCUT2D eigenvalue weighted by molar-refractivity contribution is 0.0949. The average molecular weight is 277 g/mol. The molecule has 2 heterocycles. The van der Waals surface area contributed by atoms with Crippen LogP contribution in [0.4, 0.5) is 0 Å². The van der Waals surface area contributed by atoms with E-state index in [1.54, 1.807) is 30.6 Å². The van der Waals surface area contributed by atoms with Gasteiger partial charge in [-0.15, -0.1) is 11.3 Å². The minimum absolute atomic E-state index is 0.156. The summed E-state index contributed by atoms with van der Waals surface area (Å²) in [6.07, 6.45) is 1.62. The standard InChI is InChI=1S/C13H15N3O2S/c1-8-11(19-9(2)15-8)7-14-12(17)10-5-4-6-16(3)13(10)18/h4-6H,7H2,1-3H3,(H,14,17). The van der Waals surface area contributed by atoms with E-state index in [0.29, 0.717) is 6.54 Å². The third-order valence-electron chi connectivity index (χ3n) is 2.78. The molecule has 0 atom stereocenters. The van der Waals surface area contributed by atoms with E-state index in [4.69, 9.17) is 0 Å². The minimum atomic E-state index is -0.355. The van der Waals surface area contributed by atoms with E-state index in [0.717, 1.165) is 15.6 Å². The molecule has 19 heavy (non-hydrogen) atoms. The molecule has 1 amide bonds. The number of hydrogen-bond donors (Lipinski definition) is 1. The van der Waals surface area contributed by atoms with Gasteiger partial charge in [-0.1, -0.05) is 0 Å². The summed E-state index contributed by atoms with van der Waals surface area (Å²) >= 11 is 1.55. The van der Waals surface area contributed by atoms with E-state index in [1.165, 1.54) is 10.6 Å².